The molecule has 2 heterocycles. The molecule has 3 rings (SSSR count). The molecular formula is C19H26N4O3. The molecule has 7 heteroatoms. The molecule has 140 valence electrons. The van der Waals surface area contributed by atoms with Crippen LogP contribution in [0, 0.1) is 5.41 Å². The van der Waals surface area contributed by atoms with Gasteiger partial charge in [0, 0.05) is 20.1 Å². The molecule has 1 N–H and O–H groups in total. The van der Waals surface area contributed by atoms with Crippen molar-refractivity contribution in [2.24, 2.45) is 5.41 Å². The number of nitrogens with one attached hydrogen (secondary N) is 1. The van der Waals surface area contributed by atoms with Crippen LogP contribution in [0.3, 0.4) is 0 Å². The summed E-state index contributed by atoms with van der Waals surface area (Å²) in [6, 6.07) is 10.2. The average molecular weight is 358 g/mol. The van der Waals surface area contributed by atoms with E-state index in [1.165, 1.54) is 0 Å². The molecule has 2 aromatic rings. The monoisotopic (exact) mass is 358 g/mol. The van der Waals surface area contributed by atoms with Crippen molar-refractivity contribution in [3.05, 3.63) is 47.6 Å². The van der Waals surface area contributed by atoms with E-state index >= 15 is 0 Å². The van der Waals surface area contributed by atoms with Crippen LogP contribution in [0.4, 0.5) is 0 Å². The Balaban J connectivity index is 1.77. The number of hydrogen-bond acceptors (Lipinski definition) is 6. The van der Waals surface area contributed by atoms with Crippen LogP contribution in [0.25, 0.3) is 0 Å². The molecule has 1 amide bonds. The lowest BCUT2D eigenvalue weighted by atomic mass is 9.87. The Hall–Kier alpha value is -2.25. The van der Waals surface area contributed by atoms with Crippen LogP contribution in [-0.4, -0.2) is 47.2 Å². The van der Waals surface area contributed by atoms with E-state index in [4.69, 9.17) is 9.26 Å². The normalized spacial score (nSPS) is 21.5. The number of aromatic nitrogens is 2. The highest BCUT2D eigenvalue weighted by Gasteiger charge is 2.36. The van der Waals surface area contributed by atoms with E-state index in [1.54, 1.807) is 7.05 Å². The summed E-state index contributed by atoms with van der Waals surface area (Å²) in [5.41, 5.74) is 1.16. The van der Waals surface area contributed by atoms with Crippen molar-refractivity contribution in [3.63, 3.8) is 0 Å². The minimum Gasteiger partial charge on any atom is -0.367 e. The molecule has 1 aliphatic rings. The minimum absolute atomic E-state index is 0.00774. The Morgan fingerprint density at radius 3 is 2.65 bits per heavy atom. The summed E-state index contributed by atoms with van der Waals surface area (Å²) in [5.74, 6) is 0.143. The van der Waals surface area contributed by atoms with Gasteiger partial charge in [-0.05, 0) is 11.0 Å². The van der Waals surface area contributed by atoms with Crippen molar-refractivity contribution in [2.45, 2.75) is 39.5 Å². The lowest BCUT2D eigenvalue weighted by Gasteiger charge is -2.43. The van der Waals surface area contributed by atoms with Crippen molar-refractivity contribution >= 4 is 5.91 Å². The van der Waals surface area contributed by atoms with E-state index in [1.807, 2.05) is 18.2 Å². The maximum Gasteiger partial charge on any atom is 0.292 e. The highest BCUT2D eigenvalue weighted by molar-refractivity contribution is 5.89. The van der Waals surface area contributed by atoms with E-state index in [2.05, 4.69) is 53.3 Å². The second-order valence-electron chi connectivity index (χ2n) is 7.68. The fraction of sp³-hybridized carbons (Fsp3) is 0.526. The van der Waals surface area contributed by atoms with Crippen LogP contribution in [-0.2, 0) is 11.3 Å². The molecule has 1 saturated heterocycles. The Kier molecular flexibility index (Phi) is 5.38. The molecule has 2 atom stereocenters. The van der Waals surface area contributed by atoms with Crippen molar-refractivity contribution in [1.29, 1.82) is 0 Å². The van der Waals surface area contributed by atoms with Crippen LogP contribution < -0.4 is 5.32 Å². The summed E-state index contributed by atoms with van der Waals surface area (Å²) >= 11 is 0. The molecule has 0 bridgehead atoms. The fourth-order valence-corrected chi connectivity index (χ4v) is 3.00. The molecule has 7 nitrogen and oxygen atoms in total. The maximum absolute atomic E-state index is 11.6. The second kappa shape index (κ2) is 7.55. The van der Waals surface area contributed by atoms with Gasteiger partial charge in [-0.1, -0.05) is 56.3 Å². The lowest BCUT2D eigenvalue weighted by molar-refractivity contribution is -0.132. The zero-order chi connectivity index (χ0) is 18.7. The van der Waals surface area contributed by atoms with Gasteiger partial charge in [-0.25, -0.2) is 0 Å². The molecule has 26 heavy (non-hydrogen) atoms. The Morgan fingerprint density at radius 1 is 1.27 bits per heavy atom. The molecule has 0 saturated carbocycles. The third-order valence-corrected chi connectivity index (χ3v) is 4.57. The minimum atomic E-state index is -0.350. The topological polar surface area (TPSA) is 80.5 Å². The van der Waals surface area contributed by atoms with Gasteiger partial charge >= 0.3 is 0 Å². The zero-order valence-corrected chi connectivity index (χ0v) is 15.7. The largest absolute Gasteiger partial charge is 0.367 e. The molecule has 0 radical (unpaired) electrons. The Bertz CT molecular complexity index is 739. The molecule has 1 aromatic heterocycles. The molecular weight excluding hydrogens is 332 g/mol. The Labute approximate surface area is 153 Å². The van der Waals surface area contributed by atoms with Gasteiger partial charge in [0.25, 0.3) is 11.7 Å². The van der Waals surface area contributed by atoms with E-state index in [-0.39, 0.29) is 29.4 Å². The molecule has 1 aromatic carbocycles. The standard InChI is InChI=1S/C19H26N4O3/c1-19(2,3)15-11-23(10-14(25-15)13-8-6-5-7-9-13)12-16-21-17(22-26-16)18(24)20-4/h5-9,14-15H,10-12H2,1-4H3,(H,20,24)/t14-,15+/m0/s1. The Morgan fingerprint density at radius 2 is 2.00 bits per heavy atom. The molecule has 0 aliphatic carbocycles. The summed E-state index contributed by atoms with van der Waals surface area (Å²) in [6.07, 6.45) is 0.0540. The van der Waals surface area contributed by atoms with Crippen LogP contribution in [0.2, 0.25) is 0 Å². The van der Waals surface area contributed by atoms with Gasteiger partial charge in [-0.3, -0.25) is 9.69 Å². The van der Waals surface area contributed by atoms with Gasteiger partial charge in [0.05, 0.1) is 18.8 Å². The third kappa shape index (κ3) is 4.28. The van der Waals surface area contributed by atoms with E-state index in [0.29, 0.717) is 12.4 Å². The van der Waals surface area contributed by atoms with Crippen molar-refractivity contribution in [1.82, 2.24) is 20.4 Å². The van der Waals surface area contributed by atoms with Crippen LogP contribution in [0.1, 0.15) is 48.9 Å². The molecule has 0 spiro atoms. The van der Waals surface area contributed by atoms with Gasteiger partial charge in [0.15, 0.2) is 0 Å². The maximum atomic E-state index is 11.6. The first kappa shape index (κ1) is 18.5. The van der Waals surface area contributed by atoms with E-state index in [0.717, 1.165) is 18.7 Å². The molecule has 0 unspecified atom stereocenters. The average Bonchev–Trinajstić information content (AvgIpc) is 3.09. The number of hydrogen-bond donors (Lipinski definition) is 1. The molecule has 1 fully saturated rings. The van der Waals surface area contributed by atoms with Crippen LogP contribution in [0.15, 0.2) is 34.9 Å². The number of nitrogens with zero attached hydrogens (tertiary/aromatic N) is 3. The van der Waals surface area contributed by atoms with Gasteiger partial charge in [0.1, 0.15) is 0 Å². The summed E-state index contributed by atoms with van der Waals surface area (Å²) in [7, 11) is 1.54. The SMILES string of the molecule is CNC(=O)c1noc(CN2C[C@@H](c3ccccc3)O[C@@H](C(C)(C)C)C2)n1. The third-order valence-electron chi connectivity index (χ3n) is 4.57. The summed E-state index contributed by atoms with van der Waals surface area (Å²) in [4.78, 5) is 18.0. The number of rotatable bonds is 4. The number of carbonyl (C=O) groups excluding carboxylic acids is 1. The van der Waals surface area contributed by atoms with Gasteiger partial charge < -0.3 is 14.6 Å². The predicted molar refractivity (Wildman–Crippen MR) is 96.5 cm³/mol. The van der Waals surface area contributed by atoms with Crippen molar-refractivity contribution in [2.75, 3.05) is 20.1 Å². The number of morpholine rings is 1. The zero-order valence-electron chi connectivity index (χ0n) is 15.7. The van der Waals surface area contributed by atoms with E-state index < -0.39 is 0 Å². The van der Waals surface area contributed by atoms with Crippen molar-refractivity contribution < 1.29 is 14.1 Å². The predicted octanol–water partition coefficient (Wildman–Crippen LogP) is 2.42. The van der Waals surface area contributed by atoms with Crippen LogP contribution >= 0.6 is 0 Å². The van der Waals surface area contributed by atoms with Crippen LogP contribution in [0.5, 0.6) is 0 Å². The highest BCUT2D eigenvalue weighted by atomic mass is 16.5. The smallest absolute Gasteiger partial charge is 0.292 e. The first-order valence-corrected chi connectivity index (χ1v) is 8.84. The lowest BCUT2D eigenvalue weighted by Crippen LogP contribution is -2.48. The van der Waals surface area contributed by atoms with Gasteiger partial charge in [-0.15, -0.1) is 0 Å². The molecule has 1 aliphatic heterocycles. The van der Waals surface area contributed by atoms with E-state index in [9.17, 15) is 4.79 Å². The summed E-state index contributed by atoms with van der Waals surface area (Å²) < 4.78 is 11.6. The van der Waals surface area contributed by atoms with Gasteiger partial charge in [-0.2, -0.15) is 4.98 Å². The highest BCUT2D eigenvalue weighted by Crippen LogP contribution is 2.33. The second-order valence-corrected chi connectivity index (χ2v) is 7.68. The quantitative estimate of drug-likeness (QED) is 0.904. The van der Waals surface area contributed by atoms with Crippen molar-refractivity contribution in [3.8, 4) is 0 Å². The number of carbonyl (C=O) groups is 1. The number of benzene rings is 1. The first-order valence-electron chi connectivity index (χ1n) is 8.84. The first-order chi connectivity index (χ1) is 12.4. The number of amides is 1. The fourth-order valence-electron chi connectivity index (χ4n) is 3.00. The number of ether oxygens (including phenoxy) is 1. The summed E-state index contributed by atoms with van der Waals surface area (Å²) in [5, 5.41) is 6.24. The summed E-state index contributed by atoms with van der Waals surface area (Å²) in [6.45, 7) is 8.53. The van der Waals surface area contributed by atoms with Gasteiger partial charge in [0.2, 0.25) is 5.89 Å².